The van der Waals surface area contributed by atoms with Crippen LogP contribution in [0.1, 0.15) is 28.6 Å². The number of nitrogens with zero attached hydrogens (tertiary/aromatic N) is 4. The second kappa shape index (κ2) is 10.4. The third-order valence-electron chi connectivity index (χ3n) is 4.75. The standard InChI is InChI=1S/C19H22N6O2.2ClH/c20-15(8-14-10-22-12-23-14)19(26)25-7-5-17-16(11-25)24-18(27-17)4-3-13-2-1-6-21-9-13;;/h1-2,6,9-10,12,15H,3-5,7-8,11,20H2,(H,22,23);2*1H/t15-;;/m0../s1. The first-order chi connectivity index (χ1) is 13.2. The number of rotatable bonds is 6. The highest BCUT2D eigenvalue weighted by Gasteiger charge is 2.28. The summed E-state index contributed by atoms with van der Waals surface area (Å²) < 4.78 is 5.89. The molecule has 3 aromatic heterocycles. The topological polar surface area (TPSA) is 114 Å². The third kappa shape index (κ3) is 5.56. The fourth-order valence-corrected chi connectivity index (χ4v) is 3.30. The Kier molecular flexibility index (Phi) is 8.19. The Morgan fingerprint density at radius 1 is 1.28 bits per heavy atom. The number of aromatic amines is 1. The maximum Gasteiger partial charge on any atom is 0.240 e. The van der Waals surface area contributed by atoms with E-state index in [-0.39, 0.29) is 30.7 Å². The molecule has 0 radical (unpaired) electrons. The molecule has 4 rings (SSSR count). The van der Waals surface area contributed by atoms with Gasteiger partial charge in [0.1, 0.15) is 11.5 Å². The number of fused-ring (bicyclic) bond motifs is 1. The average Bonchev–Trinajstić information content (AvgIpc) is 3.35. The Morgan fingerprint density at radius 3 is 2.86 bits per heavy atom. The quantitative estimate of drug-likeness (QED) is 0.606. The van der Waals surface area contributed by atoms with Gasteiger partial charge in [-0.25, -0.2) is 9.97 Å². The SMILES string of the molecule is Cl.Cl.N[C@@H](Cc1cnc[nH]1)C(=O)N1CCc2oc(CCc3cccnc3)nc2C1. The van der Waals surface area contributed by atoms with E-state index in [1.807, 2.05) is 18.3 Å². The summed E-state index contributed by atoms with van der Waals surface area (Å²) in [6.07, 6.45) is 9.53. The number of hydrogen-bond donors (Lipinski definition) is 2. The summed E-state index contributed by atoms with van der Waals surface area (Å²) in [6.45, 7) is 1.04. The zero-order chi connectivity index (χ0) is 18.6. The molecule has 0 aliphatic carbocycles. The van der Waals surface area contributed by atoms with E-state index in [9.17, 15) is 4.79 Å². The minimum absolute atomic E-state index is 0. The zero-order valence-electron chi connectivity index (χ0n) is 15.8. The Hall–Kier alpha value is -2.42. The summed E-state index contributed by atoms with van der Waals surface area (Å²) in [5.41, 5.74) is 8.93. The van der Waals surface area contributed by atoms with Crippen LogP contribution in [0.15, 0.2) is 41.5 Å². The molecule has 10 heteroatoms. The van der Waals surface area contributed by atoms with Crippen LogP contribution in [0, 0.1) is 0 Å². The number of hydrogen-bond acceptors (Lipinski definition) is 6. The van der Waals surface area contributed by atoms with E-state index >= 15 is 0 Å². The number of aromatic nitrogens is 4. The number of imidazole rings is 1. The number of halogens is 2. The third-order valence-corrected chi connectivity index (χ3v) is 4.75. The number of nitrogens with one attached hydrogen (secondary N) is 1. The molecule has 8 nitrogen and oxygen atoms in total. The summed E-state index contributed by atoms with van der Waals surface area (Å²) in [5.74, 6) is 1.51. The molecule has 156 valence electrons. The molecule has 1 amide bonds. The fourth-order valence-electron chi connectivity index (χ4n) is 3.30. The monoisotopic (exact) mass is 438 g/mol. The molecular formula is C19H24Cl2N6O2. The van der Waals surface area contributed by atoms with Crippen LogP contribution in [0.5, 0.6) is 0 Å². The van der Waals surface area contributed by atoms with E-state index in [1.54, 1.807) is 23.6 Å². The highest BCUT2D eigenvalue weighted by molar-refractivity contribution is 5.85. The van der Waals surface area contributed by atoms with Crippen molar-refractivity contribution in [2.24, 2.45) is 5.73 Å². The number of carbonyl (C=O) groups excluding carboxylic acids is 1. The molecule has 0 aromatic carbocycles. The molecule has 1 aliphatic heterocycles. The lowest BCUT2D eigenvalue weighted by Gasteiger charge is -2.27. The Labute approximate surface area is 181 Å². The van der Waals surface area contributed by atoms with Crippen LogP contribution in [0.4, 0.5) is 0 Å². The van der Waals surface area contributed by atoms with Gasteiger partial charge in [-0.1, -0.05) is 6.07 Å². The van der Waals surface area contributed by atoms with Crippen molar-refractivity contribution >= 4 is 30.7 Å². The van der Waals surface area contributed by atoms with Crippen LogP contribution in [0.3, 0.4) is 0 Å². The first kappa shape index (κ1) is 22.9. The van der Waals surface area contributed by atoms with E-state index in [4.69, 9.17) is 10.2 Å². The molecule has 0 unspecified atom stereocenters. The minimum atomic E-state index is -0.594. The van der Waals surface area contributed by atoms with Crippen molar-refractivity contribution in [1.29, 1.82) is 0 Å². The van der Waals surface area contributed by atoms with Gasteiger partial charge in [0.15, 0.2) is 5.89 Å². The van der Waals surface area contributed by atoms with E-state index in [0.717, 1.165) is 29.1 Å². The molecule has 0 saturated carbocycles. The van der Waals surface area contributed by atoms with Crippen LogP contribution < -0.4 is 5.73 Å². The predicted molar refractivity (Wildman–Crippen MR) is 112 cm³/mol. The lowest BCUT2D eigenvalue weighted by molar-refractivity contribution is -0.133. The van der Waals surface area contributed by atoms with Gasteiger partial charge < -0.3 is 20.0 Å². The first-order valence-electron chi connectivity index (χ1n) is 9.07. The van der Waals surface area contributed by atoms with Crippen molar-refractivity contribution in [3.8, 4) is 0 Å². The van der Waals surface area contributed by atoms with Gasteiger partial charge in [-0.05, 0) is 18.1 Å². The molecule has 0 bridgehead atoms. The number of oxazole rings is 1. The zero-order valence-corrected chi connectivity index (χ0v) is 17.4. The lowest BCUT2D eigenvalue weighted by Crippen LogP contribution is -2.46. The summed E-state index contributed by atoms with van der Waals surface area (Å²) in [7, 11) is 0. The Bertz CT molecular complexity index is 901. The summed E-state index contributed by atoms with van der Waals surface area (Å²) in [5, 5.41) is 0. The minimum Gasteiger partial charge on any atom is -0.445 e. The van der Waals surface area contributed by atoms with Crippen molar-refractivity contribution in [2.75, 3.05) is 6.54 Å². The van der Waals surface area contributed by atoms with Crippen molar-refractivity contribution in [3.63, 3.8) is 0 Å². The molecule has 4 heterocycles. The number of carbonyl (C=O) groups is 1. The lowest BCUT2D eigenvalue weighted by atomic mass is 10.1. The highest BCUT2D eigenvalue weighted by Crippen LogP contribution is 2.21. The smallest absolute Gasteiger partial charge is 0.240 e. The van der Waals surface area contributed by atoms with Gasteiger partial charge in [-0.15, -0.1) is 24.8 Å². The molecule has 3 aromatic rings. The van der Waals surface area contributed by atoms with Crippen molar-refractivity contribution in [1.82, 2.24) is 24.8 Å². The number of nitrogens with two attached hydrogens (primary N) is 1. The van der Waals surface area contributed by atoms with Gasteiger partial charge in [-0.2, -0.15) is 0 Å². The molecular weight excluding hydrogens is 415 g/mol. The number of pyridine rings is 1. The van der Waals surface area contributed by atoms with E-state index < -0.39 is 6.04 Å². The van der Waals surface area contributed by atoms with E-state index in [2.05, 4.69) is 19.9 Å². The maximum atomic E-state index is 12.7. The summed E-state index contributed by atoms with van der Waals surface area (Å²) in [4.78, 5) is 30.1. The van der Waals surface area contributed by atoms with Crippen LogP contribution in [0.2, 0.25) is 0 Å². The van der Waals surface area contributed by atoms with Gasteiger partial charge >= 0.3 is 0 Å². The van der Waals surface area contributed by atoms with Crippen LogP contribution in [0.25, 0.3) is 0 Å². The van der Waals surface area contributed by atoms with Crippen molar-refractivity contribution < 1.29 is 9.21 Å². The molecule has 0 fully saturated rings. The average molecular weight is 439 g/mol. The maximum absolute atomic E-state index is 12.7. The second-order valence-corrected chi connectivity index (χ2v) is 6.74. The Balaban J connectivity index is 0.00000150. The van der Waals surface area contributed by atoms with Gasteiger partial charge in [0.05, 0.1) is 18.9 Å². The van der Waals surface area contributed by atoms with Crippen molar-refractivity contribution in [3.05, 3.63) is 65.7 Å². The summed E-state index contributed by atoms with van der Waals surface area (Å²) in [6, 6.07) is 3.37. The predicted octanol–water partition coefficient (Wildman–Crippen LogP) is 1.88. The van der Waals surface area contributed by atoms with E-state index in [1.165, 1.54) is 0 Å². The van der Waals surface area contributed by atoms with Crippen LogP contribution >= 0.6 is 24.8 Å². The van der Waals surface area contributed by atoms with Crippen LogP contribution in [-0.2, 0) is 37.0 Å². The highest BCUT2D eigenvalue weighted by atomic mass is 35.5. The summed E-state index contributed by atoms with van der Waals surface area (Å²) >= 11 is 0. The first-order valence-corrected chi connectivity index (χ1v) is 9.07. The number of H-pyrrole nitrogens is 1. The number of amides is 1. The van der Waals surface area contributed by atoms with Crippen molar-refractivity contribution in [2.45, 2.75) is 38.3 Å². The molecule has 1 atom stereocenters. The van der Waals surface area contributed by atoms with Gasteiger partial charge in [-0.3, -0.25) is 9.78 Å². The molecule has 0 spiro atoms. The largest absolute Gasteiger partial charge is 0.445 e. The van der Waals surface area contributed by atoms with Gasteiger partial charge in [0.25, 0.3) is 0 Å². The molecule has 3 N–H and O–H groups in total. The fraction of sp³-hybridized carbons (Fsp3) is 0.368. The normalized spacial score (nSPS) is 13.8. The molecule has 0 saturated heterocycles. The molecule has 29 heavy (non-hydrogen) atoms. The number of aryl methyl sites for hydroxylation is 2. The molecule has 1 aliphatic rings. The second-order valence-electron chi connectivity index (χ2n) is 6.74. The Morgan fingerprint density at radius 2 is 2.14 bits per heavy atom. The van der Waals surface area contributed by atoms with Gasteiger partial charge in [0, 0.05) is 50.1 Å². The van der Waals surface area contributed by atoms with Gasteiger partial charge in [0.2, 0.25) is 5.91 Å². The van der Waals surface area contributed by atoms with Crippen LogP contribution in [-0.4, -0.2) is 43.3 Å². The van der Waals surface area contributed by atoms with E-state index in [0.29, 0.717) is 38.2 Å².